The van der Waals surface area contributed by atoms with E-state index in [1.165, 1.54) is 25.5 Å². The quantitative estimate of drug-likeness (QED) is 0.816. The van der Waals surface area contributed by atoms with E-state index < -0.39 is 10.0 Å². The third kappa shape index (κ3) is 4.68. The lowest BCUT2D eigenvalue weighted by atomic mass is 9.98. The average Bonchev–Trinajstić information content (AvgIpc) is 2.84. The Bertz CT molecular complexity index is 498. The van der Waals surface area contributed by atoms with Gasteiger partial charge in [0.05, 0.1) is 18.9 Å². The first-order valence-electron chi connectivity index (χ1n) is 6.30. The van der Waals surface area contributed by atoms with Gasteiger partial charge in [-0.2, -0.15) is 0 Å². The van der Waals surface area contributed by atoms with Crippen molar-refractivity contribution in [2.45, 2.75) is 42.4 Å². The highest BCUT2D eigenvalue weighted by atomic mass is 35.5. The van der Waals surface area contributed by atoms with Gasteiger partial charge in [-0.15, -0.1) is 0 Å². The van der Waals surface area contributed by atoms with E-state index in [9.17, 15) is 8.42 Å². The van der Waals surface area contributed by atoms with Gasteiger partial charge in [0.2, 0.25) is 0 Å². The van der Waals surface area contributed by atoms with Crippen LogP contribution < -0.4 is 4.72 Å². The molecule has 1 aliphatic carbocycles. The zero-order valence-corrected chi connectivity index (χ0v) is 12.9. The molecule has 5 nitrogen and oxygen atoms in total. The van der Waals surface area contributed by atoms with Crippen LogP contribution in [0.3, 0.4) is 0 Å². The molecule has 0 unspecified atom stereocenters. The predicted octanol–water partition coefficient (Wildman–Crippen LogP) is 2.42. The Hall–Kier alpha value is -0.210. The van der Waals surface area contributed by atoms with Crippen LogP contribution in [-0.2, 0) is 14.8 Å². The molecule has 1 aliphatic rings. The molecule has 0 aromatic carbocycles. The van der Waals surface area contributed by atoms with E-state index in [4.69, 9.17) is 16.3 Å². The van der Waals surface area contributed by atoms with Crippen LogP contribution >= 0.6 is 22.9 Å². The van der Waals surface area contributed by atoms with E-state index in [0.29, 0.717) is 6.61 Å². The highest BCUT2D eigenvalue weighted by Gasteiger charge is 2.18. The molecule has 0 bridgehead atoms. The lowest BCUT2D eigenvalue weighted by Crippen LogP contribution is -2.29. The molecular weight excluding hydrogens is 308 g/mol. The van der Waals surface area contributed by atoms with Crippen molar-refractivity contribution in [3.63, 3.8) is 0 Å². The molecule has 19 heavy (non-hydrogen) atoms. The molecule has 2 rings (SSSR count). The molecule has 1 aromatic rings. The molecule has 1 aromatic heterocycles. The van der Waals surface area contributed by atoms with Gasteiger partial charge < -0.3 is 4.74 Å². The molecule has 0 radical (unpaired) electrons. The summed E-state index contributed by atoms with van der Waals surface area (Å²) in [6.45, 7) is 0.671. The Labute approximate surface area is 122 Å². The molecule has 1 saturated carbocycles. The molecule has 0 saturated heterocycles. The van der Waals surface area contributed by atoms with Crippen LogP contribution in [0.25, 0.3) is 0 Å². The smallest absolute Gasteiger partial charge is 0.251 e. The minimum absolute atomic E-state index is 0.134. The Morgan fingerprint density at radius 3 is 2.79 bits per heavy atom. The number of halogens is 1. The van der Waals surface area contributed by atoms with Gasteiger partial charge in [0.15, 0.2) is 8.68 Å². The fourth-order valence-electron chi connectivity index (χ4n) is 2.07. The summed E-state index contributed by atoms with van der Waals surface area (Å²) in [5, 5.41) is 0. The maximum Gasteiger partial charge on any atom is 0.251 e. The highest BCUT2D eigenvalue weighted by Crippen LogP contribution is 2.22. The van der Waals surface area contributed by atoms with Crippen molar-refractivity contribution in [2.75, 3.05) is 13.2 Å². The van der Waals surface area contributed by atoms with Gasteiger partial charge in [-0.3, -0.25) is 0 Å². The van der Waals surface area contributed by atoms with Gasteiger partial charge in [-0.1, -0.05) is 42.2 Å². The molecule has 1 N–H and O–H groups in total. The van der Waals surface area contributed by atoms with Crippen molar-refractivity contribution in [3.05, 3.63) is 10.7 Å². The Kier molecular flexibility index (Phi) is 5.58. The fraction of sp³-hybridized carbons (Fsp3) is 0.727. The summed E-state index contributed by atoms with van der Waals surface area (Å²) in [5.74, 6) is 0. The van der Waals surface area contributed by atoms with Crippen molar-refractivity contribution in [1.82, 2.24) is 9.71 Å². The summed E-state index contributed by atoms with van der Waals surface area (Å²) in [6, 6.07) is 0. The molecule has 0 amide bonds. The van der Waals surface area contributed by atoms with Crippen molar-refractivity contribution >= 4 is 33.0 Å². The zero-order valence-electron chi connectivity index (χ0n) is 10.5. The molecule has 108 valence electrons. The standard InChI is InChI=1S/C11H17ClN2O3S2/c12-11-13-8-10(18-11)19(15,16)14-6-7-17-9-4-2-1-3-5-9/h8-9,14H,1-7H2. The van der Waals surface area contributed by atoms with E-state index >= 15 is 0 Å². The fourth-order valence-corrected chi connectivity index (χ4v) is 4.42. The van der Waals surface area contributed by atoms with Crippen molar-refractivity contribution in [2.24, 2.45) is 0 Å². The number of nitrogens with zero attached hydrogens (tertiary/aromatic N) is 1. The van der Waals surface area contributed by atoms with Crippen LogP contribution in [0.5, 0.6) is 0 Å². The molecule has 8 heteroatoms. The van der Waals surface area contributed by atoms with Crippen LogP contribution in [0.4, 0.5) is 0 Å². The lowest BCUT2D eigenvalue weighted by Gasteiger charge is -2.21. The van der Waals surface area contributed by atoms with E-state index in [0.717, 1.165) is 24.2 Å². The second-order valence-electron chi connectivity index (χ2n) is 4.46. The van der Waals surface area contributed by atoms with Crippen molar-refractivity contribution in [1.29, 1.82) is 0 Å². The summed E-state index contributed by atoms with van der Waals surface area (Å²) >= 11 is 6.56. The molecule has 0 atom stereocenters. The van der Waals surface area contributed by atoms with Crippen LogP contribution in [0.2, 0.25) is 4.47 Å². The summed E-state index contributed by atoms with van der Waals surface area (Å²) in [6.07, 6.45) is 7.40. The average molecular weight is 325 g/mol. The van der Waals surface area contributed by atoms with Gasteiger partial charge >= 0.3 is 0 Å². The number of rotatable bonds is 6. The largest absolute Gasteiger partial charge is 0.377 e. The van der Waals surface area contributed by atoms with E-state index in [1.54, 1.807) is 0 Å². The Morgan fingerprint density at radius 2 is 2.16 bits per heavy atom. The second-order valence-corrected chi connectivity index (χ2v) is 8.07. The topological polar surface area (TPSA) is 68.3 Å². The third-order valence-corrected chi connectivity index (χ3v) is 6.06. The van der Waals surface area contributed by atoms with Gasteiger partial charge in [0.25, 0.3) is 10.0 Å². The molecule has 1 heterocycles. The lowest BCUT2D eigenvalue weighted by molar-refractivity contribution is 0.0321. The first kappa shape index (κ1) is 15.2. The number of nitrogens with one attached hydrogen (secondary N) is 1. The summed E-state index contributed by atoms with van der Waals surface area (Å²) in [5.41, 5.74) is 0. The minimum atomic E-state index is -3.50. The molecular formula is C11H17ClN2O3S2. The van der Waals surface area contributed by atoms with E-state index in [2.05, 4.69) is 9.71 Å². The van der Waals surface area contributed by atoms with E-state index in [-0.39, 0.29) is 21.3 Å². The van der Waals surface area contributed by atoms with Crippen molar-refractivity contribution < 1.29 is 13.2 Å². The molecule has 0 aliphatic heterocycles. The number of sulfonamides is 1. The van der Waals surface area contributed by atoms with Crippen LogP contribution in [0.1, 0.15) is 32.1 Å². The summed E-state index contributed by atoms with van der Waals surface area (Å²) < 4.78 is 32.2. The monoisotopic (exact) mass is 324 g/mol. The molecule has 1 fully saturated rings. The maximum absolute atomic E-state index is 11.8. The highest BCUT2D eigenvalue weighted by molar-refractivity contribution is 7.91. The summed E-state index contributed by atoms with van der Waals surface area (Å²) in [7, 11) is -3.50. The van der Waals surface area contributed by atoms with Crippen LogP contribution in [0.15, 0.2) is 10.4 Å². The van der Waals surface area contributed by atoms with Gasteiger partial charge in [-0.25, -0.2) is 18.1 Å². The maximum atomic E-state index is 11.8. The molecule has 0 spiro atoms. The first-order chi connectivity index (χ1) is 9.08. The normalized spacial score (nSPS) is 17.7. The minimum Gasteiger partial charge on any atom is -0.377 e. The number of hydrogen-bond donors (Lipinski definition) is 1. The number of aromatic nitrogens is 1. The SMILES string of the molecule is O=S(=O)(NCCOC1CCCCC1)c1cnc(Cl)s1. The second kappa shape index (κ2) is 6.99. The van der Waals surface area contributed by atoms with Gasteiger partial charge in [0, 0.05) is 6.54 Å². The van der Waals surface area contributed by atoms with E-state index in [1.807, 2.05) is 0 Å². The predicted molar refractivity (Wildman–Crippen MR) is 75.1 cm³/mol. The van der Waals surface area contributed by atoms with Crippen LogP contribution in [-0.4, -0.2) is 32.7 Å². The van der Waals surface area contributed by atoms with Gasteiger partial charge in [-0.05, 0) is 12.8 Å². The first-order valence-corrected chi connectivity index (χ1v) is 8.98. The number of ether oxygens (including phenoxy) is 1. The van der Waals surface area contributed by atoms with Crippen molar-refractivity contribution in [3.8, 4) is 0 Å². The van der Waals surface area contributed by atoms with Crippen LogP contribution in [0, 0.1) is 0 Å². The Morgan fingerprint density at radius 1 is 1.42 bits per heavy atom. The number of thiazole rings is 1. The van der Waals surface area contributed by atoms with Gasteiger partial charge in [0.1, 0.15) is 0 Å². The zero-order chi connectivity index (χ0) is 13.7. The summed E-state index contributed by atoms with van der Waals surface area (Å²) in [4.78, 5) is 3.72. The third-order valence-electron chi connectivity index (χ3n) is 3.02. The Balaban J connectivity index is 1.72. The number of hydrogen-bond acceptors (Lipinski definition) is 5.